The average Bonchev–Trinajstić information content (AvgIpc) is 2.51. The van der Waals surface area contributed by atoms with E-state index in [1.54, 1.807) is 0 Å². The molecular weight excluding hydrogens is 370 g/mol. The van der Waals surface area contributed by atoms with Gasteiger partial charge in [-0.15, -0.1) is 0 Å². The third-order valence-electron chi connectivity index (χ3n) is 3.10. The summed E-state index contributed by atoms with van der Waals surface area (Å²) in [6.07, 6.45) is -8.69. The summed E-state index contributed by atoms with van der Waals surface area (Å²) in [7, 11) is 2.87. The van der Waals surface area contributed by atoms with Gasteiger partial charge in [-0.05, 0) is 35.4 Å². The molecule has 0 atom stereocenters. The number of rotatable bonds is 5. The van der Waals surface area contributed by atoms with Gasteiger partial charge in [0.25, 0.3) is 0 Å². The van der Waals surface area contributed by atoms with Crippen LogP contribution in [-0.2, 0) is 23.9 Å². The molecule has 2 rings (SSSR count). The van der Waals surface area contributed by atoms with Crippen LogP contribution in [0.2, 0.25) is 0 Å². The molecule has 0 aliphatic heterocycles. The van der Waals surface area contributed by atoms with Gasteiger partial charge < -0.3 is 0 Å². The molecule has 130 valence electrons. The quantitative estimate of drug-likeness (QED) is 0.317. The van der Waals surface area contributed by atoms with Crippen LogP contribution in [0.3, 0.4) is 0 Å². The summed E-state index contributed by atoms with van der Waals surface area (Å²) in [5.41, 5.74) is 0.142. The summed E-state index contributed by atoms with van der Waals surface area (Å²) in [6, 6.07) is 9.85. The molecule has 24 heavy (non-hydrogen) atoms. The van der Waals surface area contributed by atoms with Crippen LogP contribution in [0.25, 0.3) is 0 Å². The van der Waals surface area contributed by atoms with Crippen LogP contribution in [-0.4, -0.2) is 0 Å². The molecule has 0 aliphatic carbocycles. The first-order chi connectivity index (χ1) is 11.2. The lowest BCUT2D eigenvalue weighted by molar-refractivity contribution is -0.138. The van der Waals surface area contributed by atoms with Crippen molar-refractivity contribution in [2.45, 2.75) is 23.9 Å². The van der Waals surface area contributed by atoms with Crippen molar-refractivity contribution >= 4 is 21.6 Å². The predicted molar refractivity (Wildman–Crippen MR) is 85.5 cm³/mol. The molecule has 0 nitrogen and oxygen atoms in total. The minimum Gasteiger partial charge on any atom is -0.166 e. The molecule has 0 aromatic heterocycles. The zero-order valence-electron chi connectivity index (χ0n) is 12.1. The van der Waals surface area contributed by atoms with Gasteiger partial charge >= 0.3 is 12.4 Å². The summed E-state index contributed by atoms with van der Waals surface area (Å²) >= 11 is 0. The van der Waals surface area contributed by atoms with E-state index in [2.05, 4.69) is 0 Å². The monoisotopic (exact) mass is 382 g/mol. The van der Waals surface area contributed by atoms with Crippen LogP contribution in [0.15, 0.2) is 48.5 Å². The molecule has 2 aromatic carbocycles. The summed E-state index contributed by atoms with van der Waals surface area (Å²) in [5.74, 6) is 1.03. The molecule has 0 bridgehead atoms. The Kier molecular flexibility index (Phi) is 6.14. The van der Waals surface area contributed by atoms with Crippen molar-refractivity contribution < 1.29 is 26.3 Å². The van der Waals surface area contributed by atoms with E-state index in [9.17, 15) is 26.3 Å². The van der Waals surface area contributed by atoms with Gasteiger partial charge in [-0.2, -0.15) is 26.3 Å². The third-order valence-corrected chi connectivity index (χ3v) is 5.37. The average molecular weight is 382 g/mol. The van der Waals surface area contributed by atoms with Crippen molar-refractivity contribution in [2.75, 3.05) is 0 Å². The van der Waals surface area contributed by atoms with E-state index in [0.29, 0.717) is 11.5 Å². The van der Waals surface area contributed by atoms with Crippen molar-refractivity contribution in [2.24, 2.45) is 0 Å². The number of halogens is 6. The van der Waals surface area contributed by atoms with Crippen molar-refractivity contribution in [1.29, 1.82) is 0 Å². The molecule has 0 heterocycles. The van der Waals surface area contributed by atoms with E-state index in [0.717, 1.165) is 35.4 Å². The lowest BCUT2D eigenvalue weighted by Gasteiger charge is -2.08. The Hall–Kier alpha value is -1.28. The van der Waals surface area contributed by atoms with Crippen LogP contribution in [0.5, 0.6) is 0 Å². The second-order valence-corrected chi connectivity index (χ2v) is 7.38. The van der Waals surface area contributed by atoms with E-state index >= 15 is 0 Å². The molecule has 0 fully saturated rings. The summed E-state index contributed by atoms with van der Waals surface area (Å²) in [6.45, 7) is 0. The normalized spacial score (nSPS) is 12.4. The lowest BCUT2D eigenvalue weighted by atomic mass is 10.1. The number of hydrogen-bond donors (Lipinski definition) is 0. The van der Waals surface area contributed by atoms with Gasteiger partial charge in [0.2, 0.25) is 0 Å². The van der Waals surface area contributed by atoms with Gasteiger partial charge in [0, 0.05) is 11.5 Å². The van der Waals surface area contributed by atoms with Gasteiger partial charge in [-0.25, -0.2) is 0 Å². The fourth-order valence-corrected chi connectivity index (χ4v) is 3.94. The zero-order chi connectivity index (χ0) is 17.8. The van der Waals surface area contributed by atoms with Gasteiger partial charge in [-0.3, -0.25) is 0 Å². The maximum absolute atomic E-state index is 12.4. The van der Waals surface area contributed by atoms with Crippen LogP contribution < -0.4 is 0 Å². The van der Waals surface area contributed by atoms with Gasteiger partial charge in [0.1, 0.15) is 0 Å². The molecule has 0 saturated carbocycles. The first-order valence-electron chi connectivity index (χ1n) is 6.73. The van der Waals surface area contributed by atoms with Crippen molar-refractivity contribution in [3.63, 3.8) is 0 Å². The van der Waals surface area contributed by atoms with E-state index in [1.165, 1.54) is 45.9 Å². The lowest BCUT2D eigenvalue weighted by Crippen LogP contribution is -2.04. The van der Waals surface area contributed by atoms with E-state index in [-0.39, 0.29) is 0 Å². The van der Waals surface area contributed by atoms with E-state index < -0.39 is 23.5 Å². The van der Waals surface area contributed by atoms with Crippen LogP contribution in [0.1, 0.15) is 22.3 Å². The first-order valence-corrected chi connectivity index (χ1v) is 9.22. The summed E-state index contributed by atoms with van der Waals surface area (Å²) < 4.78 is 74.6. The number of benzene rings is 2. The Morgan fingerprint density at radius 3 is 1.08 bits per heavy atom. The van der Waals surface area contributed by atoms with Gasteiger partial charge in [-0.1, -0.05) is 45.9 Å². The van der Waals surface area contributed by atoms with Crippen LogP contribution in [0.4, 0.5) is 26.3 Å². The molecule has 0 aliphatic rings. The Morgan fingerprint density at radius 2 is 0.833 bits per heavy atom. The topological polar surface area (TPSA) is 0 Å². The molecule has 0 amide bonds. The second-order valence-electron chi connectivity index (χ2n) is 4.91. The Morgan fingerprint density at radius 1 is 0.542 bits per heavy atom. The standard InChI is InChI=1S/C16H12F6S2/c17-15(18,19)13-5-1-11(2-6-13)9-23-24-10-12-3-7-14(8-4-12)16(20,21)22/h1-8H,9-10H2. The highest BCUT2D eigenvalue weighted by Gasteiger charge is 2.30. The Labute approximate surface area is 143 Å². The molecule has 8 heteroatoms. The van der Waals surface area contributed by atoms with E-state index in [1.807, 2.05) is 0 Å². The highest BCUT2D eigenvalue weighted by molar-refractivity contribution is 8.76. The first kappa shape index (κ1) is 19.1. The molecule has 0 spiro atoms. The molecule has 0 radical (unpaired) electrons. The molecule has 0 saturated heterocycles. The van der Waals surface area contributed by atoms with Gasteiger partial charge in [0.15, 0.2) is 0 Å². The number of hydrogen-bond acceptors (Lipinski definition) is 2. The molecule has 0 N–H and O–H groups in total. The largest absolute Gasteiger partial charge is 0.416 e. The van der Waals surface area contributed by atoms with Gasteiger partial charge in [0.05, 0.1) is 11.1 Å². The zero-order valence-corrected chi connectivity index (χ0v) is 13.8. The minimum atomic E-state index is -4.34. The summed E-state index contributed by atoms with van der Waals surface area (Å²) in [5, 5.41) is 0. The smallest absolute Gasteiger partial charge is 0.166 e. The fraction of sp³-hybridized carbons (Fsp3) is 0.250. The third kappa shape index (κ3) is 5.66. The summed E-state index contributed by atoms with van der Waals surface area (Å²) in [4.78, 5) is 0. The fourth-order valence-electron chi connectivity index (χ4n) is 1.80. The maximum Gasteiger partial charge on any atom is 0.416 e. The molecular formula is C16H12F6S2. The van der Waals surface area contributed by atoms with Crippen molar-refractivity contribution in [3.05, 3.63) is 70.8 Å². The maximum atomic E-state index is 12.4. The van der Waals surface area contributed by atoms with E-state index in [4.69, 9.17) is 0 Å². The van der Waals surface area contributed by atoms with Crippen LogP contribution in [0, 0.1) is 0 Å². The SMILES string of the molecule is FC(F)(F)c1ccc(CSSCc2ccc(C(F)(F)F)cc2)cc1. The Bertz CT molecular complexity index is 585. The van der Waals surface area contributed by atoms with Crippen LogP contribution >= 0.6 is 21.6 Å². The highest BCUT2D eigenvalue weighted by Crippen LogP contribution is 2.33. The number of alkyl halides is 6. The molecule has 0 unspecified atom stereocenters. The molecule has 2 aromatic rings. The van der Waals surface area contributed by atoms with Crippen molar-refractivity contribution in [3.8, 4) is 0 Å². The highest BCUT2D eigenvalue weighted by atomic mass is 33.1. The predicted octanol–water partition coefficient (Wildman–Crippen LogP) is 6.81. The Balaban J connectivity index is 1.79. The second kappa shape index (κ2) is 7.74. The minimum absolute atomic E-state index is 0.517. The van der Waals surface area contributed by atoms with Crippen molar-refractivity contribution in [1.82, 2.24) is 0 Å².